The maximum absolute atomic E-state index is 9.06. The summed E-state index contributed by atoms with van der Waals surface area (Å²) in [5.41, 5.74) is 0.917. The average molecular weight is 229 g/mol. The fourth-order valence-electron chi connectivity index (χ4n) is 1.63. The van der Waals surface area contributed by atoms with E-state index in [-0.39, 0.29) is 22.4 Å². The van der Waals surface area contributed by atoms with E-state index in [2.05, 4.69) is 4.98 Å². The van der Waals surface area contributed by atoms with Crippen LogP contribution in [-0.2, 0) is 0 Å². The summed E-state index contributed by atoms with van der Waals surface area (Å²) >= 11 is 0. The summed E-state index contributed by atoms with van der Waals surface area (Å²) < 4.78 is 0. The van der Waals surface area contributed by atoms with Crippen LogP contribution in [0.5, 0.6) is 0 Å². The molecule has 0 spiro atoms. The van der Waals surface area contributed by atoms with Crippen molar-refractivity contribution in [2.75, 3.05) is 0 Å². The summed E-state index contributed by atoms with van der Waals surface area (Å²) in [6.45, 7) is 0. The van der Waals surface area contributed by atoms with Crippen LogP contribution in [0.25, 0.3) is 10.9 Å². The Bertz CT molecular complexity index is 810. The number of benzene rings is 1. The second-order valence-electron chi connectivity index (χ2n) is 3.39. The topological polar surface area (TPSA) is 108 Å². The van der Waals surface area contributed by atoms with Crippen LogP contribution in [0.1, 0.15) is 22.4 Å². The highest BCUT2D eigenvalue weighted by molar-refractivity contribution is 5.88. The number of hydrogen-bond donors (Lipinski definition) is 0. The van der Waals surface area contributed by atoms with Crippen LogP contribution >= 0.6 is 0 Å². The van der Waals surface area contributed by atoms with Crippen molar-refractivity contribution in [1.82, 2.24) is 4.98 Å². The molecule has 0 unspecified atom stereocenters. The molecule has 0 aliphatic carbocycles. The van der Waals surface area contributed by atoms with Crippen LogP contribution in [0, 0.1) is 45.3 Å². The van der Waals surface area contributed by atoms with Gasteiger partial charge in [-0.15, -0.1) is 0 Å². The Morgan fingerprint density at radius 3 is 2.11 bits per heavy atom. The number of fused-ring (bicyclic) bond motifs is 1. The molecule has 0 N–H and O–H groups in total. The molecule has 1 aromatic carbocycles. The molecular weight excluding hydrogens is 226 g/mol. The largest absolute Gasteiger partial charge is 0.236 e. The van der Waals surface area contributed by atoms with Crippen LogP contribution < -0.4 is 0 Å². The van der Waals surface area contributed by atoms with Crippen molar-refractivity contribution in [2.24, 2.45) is 0 Å². The Morgan fingerprint density at radius 1 is 0.833 bits per heavy atom. The van der Waals surface area contributed by atoms with Crippen LogP contribution in [0.3, 0.4) is 0 Å². The van der Waals surface area contributed by atoms with Gasteiger partial charge >= 0.3 is 0 Å². The molecule has 80 valence electrons. The van der Waals surface area contributed by atoms with Gasteiger partial charge < -0.3 is 0 Å². The zero-order valence-electron chi connectivity index (χ0n) is 8.97. The molecule has 2 rings (SSSR count). The Hall–Kier alpha value is -3.41. The number of nitrogens with zero attached hydrogens (tertiary/aromatic N) is 5. The maximum Gasteiger partial charge on any atom is 0.158 e. The smallest absolute Gasteiger partial charge is 0.158 e. The highest BCUT2D eigenvalue weighted by Gasteiger charge is 2.12. The number of hydrogen-bond acceptors (Lipinski definition) is 5. The minimum Gasteiger partial charge on any atom is -0.236 e. The second-order valence-corrected chi connectivity index (χ2v) is 3.39. The van der Waals surface area contributed by atoms with Gasteiger partial charge in [0, 0.05) is 5.39 Å². The average Bonchev–Trinajstić information content (AvgIpc) is 2.44. The van der Waals surface area contributed by atoms with Gasteiger partial charge in [-0.3, -0.25) is 0 Å². The Labute approximate surface area is 102 Å². The molecule has 5 nitrogen and oxygen atoms in total. The minimum atomic E-state index is 0.0126. The van der Waals surface area contributed by atoms with E-state index in [0.29, 0.717) is 10.9 Å². The molecule has 5 heteroatoms. The maximum atomic E-state index is 9.06. The molecule has 0 saturated carbocycles. The van der Waals surface area contributed by atoms with E-state index in [4.69, 9.17) is 21.0 Å². The summed E-state index contributed by atoms with van der Waals surface area (Å²) in [5, 5.41) is 36.1. The van der Waals surface area contributed by atoms with Gasteiger partial charge in [0.05, 0.1) is 22.2 Å². The molecule has 0 radical (unpaired) electrons. The second kappa shape index (κ2) is 4.22. The highest BCUT2D eigenvalue weighted by Crippen LogP contribution is 2.22. The van der Waals surface area contributed by atoms with Crippen LogP contribution in [0.4, 0.5) is 0 Å². The zero-order chi connectivity index (χ0) is 13.1. The number of nitriles is 4. The van der Waals surface area contributed by atoms with Crippen molar-refractivity contribution in [3.63, 3.8) is 0 Å². The number of rotatable bonds is 0. The van der Waals surface area contributed by atoms with Crippen molar-refractivity contribution in [2.45, 2.75) is 0 Å². The Kier molecular flexibility index (Phi) is 2.60. The lowest BCUT2D eigenvalue weighted by molar-refractivity contribution is 1.29. The molecule has 1 heterocycles. The monoisotopic (exact) mass is 229 g/mol. The van der Waals surface area contributed by atoms with Gasteiger partial charge in [-0.25, -0.2) is 4.98 Å². The van der Waals surface area contributed by atoms with Crippen molar-refractivity contribution in [1.29, 1.82) is 21.0 Å². The van der Waals surface area contributed by atoms with E-state index < -0.39 is 0 Å². The Balaban J connectivity index is 2.98. The minimum absolute atomic E-state index is 0.0126. The lowest BCUT2D eigenvalue weighted by atomic mass is 10.0. The molecule has 1 aromatic heterocycles. The normalized spacial score (nSPS) is 8.89. The molecule has 0 aliphatic rings. The van der Waals surface area contributed by atoms with Gasteiger partial charge in [-0.1, -0.05) is 0 Å². The quantitative estimate of drug-likeness (QED) is 0.683. The van der Waals surface area contributed by atoms with E-state index in [1.807, 2.05) is 24.3 Å². The zero-order valence-corrected chi connectivity index (χ0v) is 8.97. The standard InChI is InChI=1S/C13H3N5/c14-4-8-1-2-12-10(11(8)6-16)3-9(5-15)13(7-17)18-12/h1-3H. The first-order valence-corrected chi connectivity index (χ1v) is 4.83. The lowest BCUT2D eigenvalue weighted by Gasteiger charge is -2.03. The molecule has 0 saturated heterocycles. The van der Waals surface area contributed by atoms with Gasteiger partial charge in [-0.2, -0.15) is 21.0 Å². The molecule has 18 heavy (non-hydrogen) atoms. The third-order valence-corrected chi connectivity index (χ3v) is 2.46. The SMILES string of the molecule is N#Cc1cc2c(C#N)c(C#N)ccc2nc1C#N. The summed E-state index contributed by atoms with van der Waals surface area (Å²) in [5.74, 6) is 0. The first kappa shape index (κ1) is 11.1. The van der Waals surface area contributed by atoms with Crippen LogP contribution in [0.15, 0.2) is 18.2 Å². The molecule has 0 bridgehead atoms. The fraction of sp³-hybridized carbons (Fsp3) is 0. The van der Waals surface area contributed by atoms with Gasteiger partial charge in [0.25, 0.3) is 0 Å². The summed E-state index contributed by atoms with van der Waals surface area (Å²) in [6, 6.07) is 11.9. The van der Waals surface area contributed by atoms with Gasteiger partial charge in [0.1, 0.15) is 24.3 Å². The van der Waals surface area contributed by atoms with E-state index in [0.717, 1.165) is 0 Å². The van der Waals surface area contributed by atoms with Gasteiger partial charge in [-0.05, 0) is 18.2 Å². The number of aromatic nitrogens is 1. The first-order chi connectivity index (χ1) is 8.74. The Morgan fingerprint density at radius 2 is 1.56 bits per heavy atom. The third-order valence-electron chi connectivity index (χ3n) is 2.46. The molecule has 0 amide bonds. The number of pyridine rings is 1. The van der Waals surface area contributed by atoms with E-state index in [1.54, 1.807) is 6.07 Å². The van der Waals surface area contributed by atoms with Crippen LogP contribution in [-0.4, -0.2) is 4.98 Å². The fourth-order valence-corrected chi connectivity index (χ4v) is 1.63. The van der Waals surface area contributed by atoms with E-state index in [1.165, 1.54) is 12.1 Å². The summed E-state index contributed by atoms with van der Waals surface area (Å²) in [6.07, 6.45) is 0. The van der Waals surface area contributed by atoms with E-state index >= 15 is 0 Å². The molecule has 0 aliphatic heterocycles. The van der Waals surface area contributed by atoms with Crippen molar-refractivity contribution >= 4 is 10.9 Å². The molecular formula is C13H3N5. The lowest BCUT2D eigenvalue weighted by Crippen LogP contribution is -1.94. The molecule has 0 atom stereocenters. The predicted octanol–water partition coefficient (Wildman–Crippen LogP) is 1.72. The van der Waals surface area contributed by atoms with E-state index in [9.17, 15) is 0 Å². The molecule has 0 fully saturated rings. The summed E-state index contributed by atoms with van der Waals surface area (Å²) in [7, 11) is 0. The first-order valence-electron chi connectivity index (χ1n) is 4.83. The van der Waals surface area contributed by atoms with Crippen LogP contribution in [0.2, 0.25) is 0 Å². The van der Waals surface area contributed by atoms with Crippen molar-refractivity contribution < 1.29 is 0 Å². The van der Waals surface area contributed by atoms with Crippen molar-refractivity contribution in [3.8, 4) is 24.3 Å². The predicted molar refractivity (Wildman–Crippen MR) is 60.6 cm³/mol. The van der Waals surface area contributed by atoms with Gasteiger partial charge in [0.15, 0.2) is 5.69 Å². The third kappa shape index (κ3) is 1.50. The van der Waals surface area contributed by atoms with Crippen molar-refractivity contribution in [3.05, 3.63) is 40.6 Å². The highest BCUT2D eigenvalue weighted by atomic mass is 14.7. The van der Waals surface area contributed by atoms with Gasteiger partial charge in [0.2, 0.25) is 0 Å². The summed E-state index contributed by atoms with van der Waals surface area (Å²) in [4.78, 5) is 4.00. The molecule has 2 aromatic rings.